The number of allylic oxidation sites excluding steroid dienone is 2. The molecule has 0 radical (unpaired) electrons. The number of ether oxygens (including phenoxy) is 1. The zero-order valence-electron chi connectivity index (χ0n) is 17.3. The van der Waals surface area contributed by atoms with E-state index in [1.54, 1.807) is 18.2 Å². The van der Waals surface area contributed by atoms with Gasteiger partial charge < -0.3 is 9.84 Å². The minimum Gasteiger partial charge on any atom is -0.488 e. The van der Waals surface area contributed by atoms with E-state index in [0.717, 1.165) is 41.0 Å². The Kier molecular flexibility index (Phi) is 6.42. The molecule has 2 aromatic carbocycles. The molecule has 0 saturated carbocycles. The van der Waals surface area contributed by atoms with E-state index in [9.17, 15) is 23.1 Å². The highest BCUT2D eigenvalue weighted by atomic mass is 35.5. The van der Waals surface area contributed by atoms with Gasteiger partial charge in [0.2, 0.25) is 0 Å². The molecule has 0 amide bonds. The van der Waals surface area contributed by atoms with E-state index in [-0.39, 0.29) is 0 Å². The molecule has 0 bridgehead atoms. The molecule has 0 saturated heterocycles. The molecule has 1 N–H and O–H groups in total. The largest absolute Gasteiger partial charge is 0.488 e. The Bertz CT molecular complexity index is 1220. The first-order valence-electron chi connectivity index (χ1n) is 10.2. The van der Waals surface area contributed by atoms with Crippen LogP contribution in [0.25, 0.3) is 11.1 Å². The van der Waals surface area contributed by atoms with Crippen LogP contribution in [0.5, 0.6) is 5.75 Å². The molecule has 170 valence electrons. The second-order valence-corrected chi connectivity index (χ2v) is 8.08. The van der Waals surface area contributed by atoms with Crippen LogP contribution in [0.1, 0.15) is 52.0 Å². The van der Waals surface area contributed by atoms with Crippen molar-refractivity contribution in [2.45, 2.75) is 32.0 Å². The Hall–Kier alpha value is -3.32. The Morgan fingerprint density at radius 2 is 1.79 bits per heavy atom. The number of pyridine rings is 1. The minimum atomic E-state index is -4.86. The van der Waals surface area contributed by atoms with Crippen LogP contribution >= 0.6 is 11.6 Å². The van der Waals surface area contributed by atoms with Crippen LogP contribution in [0.15, 0.2) is 60.8 Å². The van der Waals surface area contributed by atoms with E-state index in [2.05, 4.69) is 4.98 Å². The number of hydrogen-bond acceptors (Lipinski definition) is 3. The Labute approximate surface area is 193 Å². The number of halogens is 4. The predicted molar refractivity (Wildman–Crippen MR) is 119 cm³/mol. The number of aromatic carboxylic acids is 1. The SMILES string of the molecule is O=C(O)c1cc(C2=C(c3cc(Cl)ccc3OCc3ccccc3)CCC2)cnc1C(F)(F)F. The number of rotatable bonds is 6. The Balaban J connectivity index is 1.76. The number of carbonyl (C=O) groups is 1. The summed E-state index contributed by atoms with van der Waals surface area (Å²) in [6.45, 7) is 0.336. The lowest BCUT2D eigenvalue weighted by Crippen LogP contribution is -2.15. The molecule has 0 unspecified atom stereocenters. The van der Waals surface area contributed by atoms with Crippen molar-refractivity contribution in [1.82, 2.24) is 4.98 Å². The van der Waals surface area contributed by atoms with Gasteiger partial charge >= 0.3 is 12.1 Å². The molecule has 1 aromatic heterocycles. The van der Waals surface area contributed by atoms with Crippen molar-refractivity contribution < 1.29 is 27.8 Å². The average Bonchev–Trinajstić information content (AvgIpc) is 3.27. The van der Waals surface area contributed by atoms with Crippen molar-refractivity contribution in [3.8, 4) is 5.75 Å². The highest BCUT2D eigenvalue weighted by molar-refractivity contribution is 6.30. The van der Waals surface area contributed by atoms with Crippen LogP contribution in [0.3, 0.4) is 0 Å². The fourth-order valence-corrected chi connectivity index (χ4v) is 4.15. The normalized spacial score (nSPS) is 13.9. The van der Waals surface area contributed by atoms with Crippen LogP contribution in [0.2, 0.25) is 5.02 Å². The molecule has 0 atom stereocenters. The lowest BCUT2D eigenvalue weighted by atomic mass is 9.96. The minimum absolute atomic E-state index is 0.336. The second-order valence-electron chi connectivity index (χ2n) is 7.65. The van der Waals surface area contributed by atoms with Crippen LogP contribution < -0.4 is 4.74 Å². The maximum absolute atomic E-state index is 13.2. The fourth-order valence-electron chi connectivity index (χ4n) is 3.98. The van der Waals surface area contributed by atoms with Crippen molar-refractivity contribution in [2.24, 2.45) is 0 Å². The number of aromatic nitrogens is 1. The summed E-state index contributed by atoms with van der Waals surface area (Å²) in [6, 6.07) is 15.9. The lowest BCUT2D eigenvalue weighted by molar-refractivity contribution is -0.141. The molecule has 1 aliphatic carbocycles. The summed E-state index contributed by atoms with van der Waals surface area (Å²) < 4.78 is 45.7. The average molecular weight is 474 g/mol. The third kappa shape index (κ3) is 5.03. The summed E-state index contributed by atoms with van der Waals surface area (Å²) in [5, 5.41) is 9.84. The summed E-state index contributed by atoms with van der Waals surface area (Å²) in [5.74, 6) is -1.08. The van der Waals surface area contributed by atoms with Gasteiger partial charge in [0.25, 0.3) is 0 Å². The Morgan fingerprint density at radius 1 is 1.06 bits per heavy atom. The zero-order valence-corrected chi connectivity index (χ0v) is 18.1. The van der Waals surface area contributed by atoms with Crippen molar-refractivity contribution in [2.75, 3.05) is 0 Å². The topological polar surface area (TPSA) is 59.4 Å². The second kappa shape index (κ2) is 9.27. The van der Waals surface area contributed by atoms with Gasteiger partial charge in [0.05, 0.1) is 5.56 Å². The highest BCUT2D eigenvalue weighted by Gasteiger charge is 2.37. The smallest absolute Gasteiger partial charge is 0.434 e. The lowest BCUT2D eigenvalue weighted by Gasteiger charge is -2.16. The quantitative estimate of drug-likeness (QED) is 0.414. The van der Waals surface area contributed by atoms with Crippen molar-refractivity contribution in [3.63, 3.8) is 0 Å². The van der Waals surface area contributed by atoms with Gasteiger partial charge in [0.1, 0.15) is 12.4 Å². The first-order chi connectivity index (χ1) is 15.7. The molecule has 8 heteroatoms. The first-order valence-corrected chi connectivity index (χ1v) is 10.6. The van der Waals surface area contributed by atoms with Gasteiger partial charge in [-0.2, -0.15) is 13.2 Å². The van der Waals surface area contributed by atoms with Crippen molar-refractivity contribution in [1.29, 1.82) is 0 Å². The van der Waals surface area contributed by atoms with Gasteiger partial charge in [-0.25, -0.2) is 4.79 Å². The van der Waals surface area contributed by atoms with E-state index in [1.807, 2.05) is 30.3 Å². The molecule has 0 spiro atoms. The summed E-state index contributed by atoms with van der Waals surface area (Å²) in [4.78, 5) is 15.0. The van der Waals surface area contributed by atoms with Crippen LogP contribution in [0, 0.1) is 0 Å². The third-order valence-electron chi connectivity index (χ3n) is 5.46. The van der Waals surface area contributed by atoms with Gasteiger partial charge in [0.15, 0.2) is 5.69 Å². The first kappa shape index (κ1) is 22.9. The molecule has 0 fully saturated rings. The van der Waals surface area contributed by atoms with Gasteiger partial charge in [-0.3, -0.25) is 4.98 Å². The maximum atomic E-state index is 13.2. The van der Waals surface area contributed by atoms with Gasteiger partial charge in [-0.1, -0.05) is 41.9 Å². The number of carboxylic acids is 1. The van der Waals surface area contributed by atoms with E-state index in [4.69, 9.17) is 16.3 Å². The number of benzene rings is 2. The third-order valence-corrected chi connectivity index (χ3v) is 5.69. The summed E-state index contributed by atoms with van der Waals surface area (Å²) in [5.41, 5.74) is 1.39. The van der Waals surface area contributed by atoms with Gasteiger partial charge in [-0.15, -0.1) is 0 Å². The molecule has 3 aromatic rings. The van der Waals surface area contributed by atoms with Crippen LogP contribution in [-0.2, 0) is 12.8 Å². The van der Waals surface area contributed by atoms with Crippen LogP contribution in [0.4, 0.5) is 13.2 Å². The Morgan fingerprint density at radius 3 is 2.48 bits per heavy atom. The van der Waals surface area contributed by atoms with Crippen molar-refractivity contribution in [3.05, 3.63) is 93.8 Å². The molecular weight excluding hydrogens is 455 g/mol. The summed E-state index contributed by atoms with van der Waals surface area (Å²) in [7, 11) is 0. The number of hydrogen-bond donors (Lipinski definition) is 1. The molecular formula is C25H19ClF3NO3. The molecule has 1 heterocycles. The molecule has 4 nitrogen and oxygen atoms in total. The molecule has 4 rings (SSSR count). The maximum Gasteiger partial charge on any atom is 0.434 e. The zero-order chi connectivity index (χ0) is 23.6. The number of alkyl halides is 3. The fraction of sp³-hybridized carbons (Fsp3) is 0.200. The van der Waals surface area contributed by atoms with E-state index >= 15 is 0 Å². The molecule has 0 aliphatic heterocycles. The monoisotopic (exact) mass is 473 g/mol. The summed E-state index contributed by atoms with van der Waals surface area (Å²) in [6.07, 6.45) is -1.78. The van der Waals surface area contributed by atoms with E-state index < -0.39 is 23.4 Å². The standard InChI is InChI=1S/C25H19ClF3NO3/c26-17-9-10-22(33-14-15-5-2-1-3-6-15)20(12-17)19-8-4-7-18(19)16-11-21(24(31)32)23(30-13-16)25(27,28)29/h1-3,5-6,9-13H,4,7-8,14H2,(H,31,32). The van der Waals surface area contributed by atoms with Gasteiger partial charge in [-0.05, 0) is 65.8 Å². The number of carboxylic acid groups (broad SMARTS) is 1. The molecule has 1 aliphatic rings. The van der Waals surface area contributed by atoms with E-state index in [1.165, 1.54) is 0 Å². The summed E-state index contributed by atoms with van der Waals surface area (Å²) >= 11 is 6.25. The molecule has 33 heavy (non-hydrogen) atoms. The highest BCUT2D eigenvalue weighted by Crippen LogP contribution is 2.44. The van der Waals surface area contributed by atoms with Crippen LogP contribution in [-0.4, -0.2) is 16.1 Å². The van der Waals surface area contributed by atoms with E-state index in [0.29, 0.717) is 35.8 Å². The predicted octanol–water partition coefficient (Wildman–Crippen LogP) is 7.13. The number of nitrogens with zero attached hydrogens (tertiary/aromatic N) is 1. The van der Waals surface area contributed by atoms with Gasteiger partial charge in [0, 0.05) is 16.8 Å². The van der Waals surface area contributed by atoms with Crippen molar-refractivity contribution >= 4 is 28.7 Å².